The van der Waals surface area contributed by atoms with Crippen molar-refractivity contribution in [1.82, 2.24) is 9.78 Å². The van der Waals surface area contributed by atoms with Gasteiger partial charge in [-0.25, -0.2) is 4.79 Å². The lowest BCUT2D eigenvalue weighted by molar-refractivity contribution is 0.0697. The summed E-state index contributed by atoms with van der Waals surface area (Å²) in [5.41, 5.74) is 3.52. The Hall–Kier alpha value is -2.79. The molecule has 0 saturated heterocycles. The van der Waals surface area contributed by atoms with Crippen molar-refractivity contribution in [3.63, 3.8) is 0 Å². The van der Waals surface area contributed by atoms with Gasteiger partial charge >= 0.3 is 5.97 Å². The van der Waals surface area contributed by atoms with Gasteiger partial charge in [0.05, 0.1) is 16.9 Å². The Labute approximate surface area is 151 Å². The largest absolute Gasteiger partial charge is 0.478 e. The van der Waals surface area contributed by atoms with Crippen LogP contribution in [0, 0.1) is 0 Å². The van der Waals surface area contributed by atoms with Gasteiger partial charge in [0, 0.05) is 31.8 Å². The minimum Gasteiger partial charge on any atom is -0.478 e. The Morgan fingerprint density at radius 1 is 1.16 bits per heavy atom. The van der Waals surface area contributed by atoms with E-state index < -0.39 is 5.97 Å². The van der Waals surface area contributed by atoms with Crippen LogP contribution in [0.3, 0.4) is 0 Å². The Morgan fingerprint density at radius 3 is 2.48 bits per heavy atom. The van der Waals surface area contributed by atoms with E-state index >= 15 is 0 Å². The monoisotopic (exact) mass is 355 g/mol. The maximum atomic E-state index is 11.5. The van der Waals surface area contributed by atoms with E-state index in [-0.39, 0.29) is 5.56 Å². The molecule has 2 aromatic carbocycles. The van der Waals surface area contributed by atoms with Gasteiger partial charge in [-0.3, -0.25) is 4.68 Å². The number of carboxylic acid groups (broad SMARTS) is 1. The molecule has 0 aliphatic heterocycles. The first-order valence-electron chi connectivity index (χ1n) is 7.79. The molecule has 0 saturated carbocycles. The Kier molecular flexibility index (Phi) is 4.76. The van der Waals surface area contributed by atoms with E-state index in [4.69, 9.17) is 11.6 Å². The summed E-state index contributed by atoms with van der Waals surface area (Å²) < 4.78 is 1.64. The molecule has 0 bridgehead atoms. The number of aromatic carboxylic acids is 1. The van der Waals surface area contributed by atoms with Crippen LogP contribution in [0.2, 0.25) is 5.15 Å². The molecule has 0 radical (unpaired) electrons. The Morgan fingerprint density at radius 2 is 1.80 bits per heavy atom. The average Bonchev–Trinajstić information content (AvgIpc) is 2.90. The van der Waals surface area contributed by atoms with E-state index in [1.165, 1.54) is 0 Å². The molecule has 0 amide bonds. The van der Waals surface area contributed by atoms with Crippen molar-refractivity contribution < 1.29 is 9.90 Å². The minimum absolute atomic E-state index is 0.256. The fourth-order valence-electron chi connectivity index (χ4n) is 2.83. The number of aromatic nitrogens is 2. The van der Waals surface area contributed by atoms with Gasteiger partial charge in [-0.05, 0) is 12.1 Å². The molecule has 1 N–H and O–H groups in total. The third kappa shape index (κ3) is 3.37. The molecule has 1 aromatic heterocycles. The van der Waals surface area contributed by atoms with E-state index in [1.54, 1.807) is 29.9 Å². The third-order valence-electron chi connectivity index (χ3n) is 4.06. The molecule has 0 spiro atoms. The van der Waals surface area contributed by atoms with Crippen LogP contribution in [-0.2, 0) is 13.6 Å². The summed E-state index contributed by atoms with van der Waals surface area (Å²) in [6.07, 6.45) is 0. The van der Waals surface area contributed by atoms with E-state index in [9.17, 15) is 9.90 Å². The van der Waals surface area contributed by atoms with Crippen molar-refractivity contribution in [3.8, 4) is 11.3 Å². The number of anilines is 1. The minimum atomic E-state index is -0.956. The first-order chi connectivity index (χ1) is 12.0. The molecule has 0 aliphatic carbocycles. The fourth-order valence-corrected chi connectivity index (χ4v) is 3.01. The number of carboxylic acids is 1. The van der Waals surface area contributed by atoms with Gasteiger partial charge in [0.25, 0.3) is 0 Å². The van der Waals surface area contributed by atoms with Gasteiger partial charge in [-0.2, -0.15) is 5.10 Å². The lowest BCUT2D eigenvalue weighted by Gasteiger charge is -2.21. The number of carbonyl (C=O) groups is 1. The molecular weight excluding hydrogens is 338 g/mol. The topological polar surface area (TPSA) is 58.4 Å². The van der Waals surface area contributed by atoms with Crippen LogP contribution in [-0.4, -0.2) is 27.9 Å². The zero-order valence-electron chi connectivity index (χ0n) is 14.0. The summed E-state index contributed by atoms with van der Waals surface area (Å²) in [6.45, 7) is 0.446. The second-order valence-electron chi connectivity index (χ2n) is 5.79. The molecule has 6 heteroatoms. The van der Waals surface area contributed by atoms with E-state index in [1.807, 2.05) is 48.3 Å². The quantitative estimate of drug-likeness (QED) is 0.749. The second-order valence-corrected chi connectivity index (χ2v) is 6.14. The SMILES string of the molecule is CN(Cc1c(-c2ccccc2)nn(C)c1Cl)c1ccccc1C(=O)O. The van der Waals surface area contributed by atoms with E-state index in [2.05, 4.69) is 5.10 Å². The zero-order valence-corrected chi connectivity index (χ0v) is 14.7. The van der Waals surface area contributed by atoms with Gasteiger partial charge in [-0.15, -0.1) is 0 Å². The first-order valence-corrected chi connectivity index (χ1v) is 8.17. The fraction of sp³-hybridized carbons (Fsp3) is 0.158. The lowest BCUT2D eigenvalue weighted by atomic mass is 10.1. The number of rotatable bonds is 5. The molecule has 0 fully saturated rings. The van der Waals surface area contributed by atoms with Gasteiger partial charge in [0.15, 0.2) is 0 Å². The number of hydrogen-bond acceptors (Lipinski definition) is 3. The van der Waals surface area contributed by atoms with Crippen LogP contribution in [0.15, 0.2) is 54.6 Å². The van der Waals surface area contributed by atoms with E-state index in [0.29, 0.717) is 17.4 Å². The lowest BCUT2D eigenvalue weighted by Crippen LogP contribution is -2.19. The predicted octanol–water partition coefficient (Wildman–Crippen LogP) is 4.08. The van der Waals surface area contributed by atoms with Crippen LogP contribution in [0.25, 0.3) is 11.3 Å². The van der Waals surface area contributed by atoms with Crippen LogP contribution in [0.5, 0.6) is 0 Å². The highest BCUT2D eigenvalue weighted by atomic mass is 35.5. The summed E-state index contributed by atoms with van der Waals surface area (Å²) in [6, 6.07) is 16.7. The van der Waals surface area contributed by atoms with Gasteiger partial charge in [0.2, 0.25) is 0 Å². The summed E-state index contributed by atoms with van der Waals surface area (Å²) in [5, 5.41) is 14.5. The summed E-state index contributed by atoms with van der Waals surface area (Å²) in [7, 11) is 3.64. The molecule has 25 heavy (non-hydrogen) atoms. The highest BCUT2D eigenvalue weighted by Crippen LogP contribution is 2.31. The molecule has 5 nitrogen and oxygen atoms in total. The molecule has 0 unspecified atom stereocenters. The van der Waals surface area contributed by atoms with Crippen LogP contribution < -0.4 is 4.90 Å². The number of aryl methyl sites for hydroxylation is 1. The van der Waals surface area contributed by atoms with Gasteiger partial charge in [0.1, 0.15) is 5.15 Å². The molecular formula is C19H18ClN3O2. The van der Waals surface area contributed by atoms with Crippen molar-refractivity contribution in [2.75, 3.05) is 11.9 Å². The van der Waals surface area contributed by atoms with E-state index in [0.717, 1.165) is 16.8 Å². The maximum absolute atomic E-state index is 11.5. The van der Waals surface area contributed by atoms with Crippen molar-refractivity contribution in [3.05, 3.63) is 70.9 Å². The predicted molar refractivity (Wildman–Crippen MR) is 99.2 cm³/mol. The highest BCUT2D eigenvalue weighted by molar-refractivity contribution is 6.30. The van der Waals surface area contributed by atoms with Crippen molar-refractivity contribution in [2.45, 2.75) is 6.54 Å². The number of para-hydroxylation sites is 1. The number of benzene rings is 2. The normalized spacial score (nSPS) is 10.7. The van der Waals surface area contributed by atoms with Gasteiger partial charge < -0.3 is 10.0 Å². The van der Waals surface area contributed by atoms with Crippen molar-refractivity contribution in [2.24, 2.45) is 7.05 Å². The number of nitrogens with zero attached hydrogens (tertiary/aromatic N) is 3. The van der Waals surface area contributed by atoms with Crippen LogP contribution in [0.4, 0.5) is 5.69 Å². The van der Waals surface area contributed by atoms with Crippen molar-refractivity contribution in [1.29, 1.82) is 0 Å². The molecule has 3 rings (SSSR count). The second kappa shape index (κ2) is 6.99. The standard InChI is InChI=1S/C19H18ClN3O2/c1-22(16-11-7-6-10-14(16)19(24)25)12-15-17(21-23(2)18(15)20)13-8-4-3-5-9-13/h3-11H,12H2,1-2H3,(H,24,25). The average molecular weight is 356 g/mol. The van der Waals surface area contributed by atoms with Crippen LogP contribution >= 0.6 is 11.6 Å². The van der Waals surface area contributed by atoms with Gasteiger partial charge in [-0.1, -0.05) is 54.1 Å². The van der Waals surface area contributed by atoms with Crippen molar-refractivity contribution >= 4 is 23.3 Å². The summed E-state index contributed by atoms with van der Waals surface area (Å²) in [4.78, 5) is 13.3. The maximum Gasteiger partial charge on any atom is 0.337 e. The summed E-state index contributed by atoms with van der Waals surface area (Å²) >= 11 is 6.46. The zero-order chi connectivity index (χ0) is 18.0. The Balaban J connectivity index is 2.00. The van der Waals surface area contributed by atoms with Crippen LogP contribution in [0.1, 0.15) is 15.9 Å². The molecule has 3 aromatic rings. The molecule has 128 valence electrons. The highest BCUT2D eigenvalue weighted by Gasteiger charge is 2.20. The summed E-state index contributed by atoms with van der Waals surface area (Å²) in [5.74, 6) is -0.956. The number of halogens is 1. The Bertz CT molecular complexity index is 906. The first kappa shape index (κ1) is 17.0. The third-order valence-corrected chi connectivity index (χ3v) is 4.53. The molecule has 0 aliphatic rings. The molecule has 1 heterocycles. The number of hydrogen-bond donors (Lipinski definition) is 1. The molecule has 0 atom stereocenters. The smallest absolute Gasteiger partial charge is 0.337 e.